The first-order valence-corrected chi connectivity index (χ1v) is 10.9. The molecule has 0 unspecified atom stereocenters. The Morgan fingerprint density at radius 2 is 1.96 bits per heavy atom. The lowest BCUT2D eigenvalue weighted by molar-refractivity contribution is 0.0625. The molecule has 0 aliphatic carbocycles. The highest BCUT2D eigenvalue weighted by atomic mass is 32.2. The van der Waals surface area contributed by atoms with Crippen LogP contribution >= 0.6 is 11.8 Å². The van der Waals surface area contributed by atoms with Crippen molar-refractivity contribution in [3.05, 3.63) is 47.5 Å². The maximum absolute atomic E-state index is 13.6. The van der Waals surface area contributed by atoms with Crippen LogP contribution in [-0.2, 0) is 6.61 Å². The zero-order valence-corrected chi connectivity index (χ0v) is 16.6. The van der Waals surface area contributed by atoms with Crippen LogP contribution in [0.4, 0.5) is 4.39 Å². The maximum Gasteiger partial charge on any atom is 0.274 e. The van der Waals surface area contributed by atoms with Gasteiger partial charge in [0.25, 0.3) is 5.91 Å². The zero-order valence-electron chi connectivity index (χ0n) is 15.8. The fourth-order valence-corrected chi connectivity index (χ4v) is 4.73. The number of thioether (sulfide) groups is 1. The average Bonchev–Trinajstić information content (AvgIpc) is 3.22. The summed E-state index contributed by atoms with van der Waals surface area (Å²) in [6, 6.07) is 8.53. The number of halogens is 1. The molecule has 2 aliphatic heterocycles. The normalized spacial score (nSPS) is 19.0. The van der Waals surface area contributed by atoms with Gasteiger partial charge >= 0.3 is 0 Å². The molecule has 2 aromatic rings. The number of aromatic amines is 1. The summed E-state index contributed by atoms with van der Waals surface area (Å²) in [4.78, 5) is 17.2. The third-order valence-corrected chi connectivity index (χ3v) is 6.33. The molecule has 1 amide bonds. The van der Waals surface area contributed by atoms with E-state index in [9.17, 15) is 9.18 Å². The van der Waals surface area contributed by atoms with Crippen LogP contribution in [0.5, 0.6) is 5.75 Å². The van der Waals surface area contributed by atoms with Crippen molar-refractivity contribution in [3.8, 4) is 5.75 Å². The Kier molecular flexibility index (Phi) is 6.17. The number of ether oxygens (including phenoxy) is 1. The molecule has 1 aromatic carbocycles. The Hall–Kier alpha value is -2.06. The predicted molar refractivity (Wildman–Crippen MR) is 107 cm³/mol. The van der Waals surface area contributed by atoms with Gasteiger partial charge in [0.15, 0.2) is 17.3 Å². The van der Waals surface area contributed by atoms with E-state index in [1.165, 1.54) is 17.6 Å². The summed E-state index contributed by atoms with van der Waals surface area (Å²) in [6.07, 6.45) is 2.04. The van der Waals surface area contributed by atoms with Crippen molar-refractivity contribution in [1.29, 1.82) is 0 Å². The summed E-state index contributed by atoms with van der Waals surface area (Å²) < 4.78 is 19.1. The Balaban J connectivity index is 1.29. The van der Waals surface area contributed by atoms with Gasteiger partial charge in [-0.1, -0.05) is 12.1 Å². The van der Waals surface area contributed by atoms with Crippen molar-refractivity contribution < 1.29 is 13.9 Å². The fraction of sp³-hybridized carbons (Fsp3) is 0.500. The fourth-order valence-electron chi connectivity index (χ4n) is 3.80. The van der Waals surface area contributed by atoms with Gasteiger partial charge in [0.2, 0.25) is 0 Å². The van der Waals surface area contributed by atoms with Crippen LogP contribution in [0, 0.1) is 5.82 Å². The average molecular weight is 405 g/mol. The number of likely N-dealkylation sites (tertiary alicyclic amines) is 1. The number of carbonyl (C=O) groups is 1. The van der Waals surface area contributed by atoms with Gasteiger partial charge < -0.3 is 9.64 Å². The number of carbonyl (C=O) groups excluding carboxylic acids is 1. The number of hydrogen-bond acceptors (Lipinski definition) is 5. The quantitative estimate of drug-likeness (QED) is 0.830. The standard InChI is InChI=1S/C20H25FN4O2S/c21-17-3-1-2-4-19(17)27-14-15-13-18(23-22-15)20(26)25-7-5-16(6-8-25)24-9-11-28-12-10-24/h1-4,13,16H,5-12,14H2,(H,22,23). The molecule has 2 saturated heterocycles. The summed E-state index contributed by atoms with van der Waals surface area (Å²) in [6.45, 7) is 3.99. The minimum Gasteiger partial charge on any atom is -0.484 e. The number of hydrogen-bond donors (Lipinski definition) is 1. The lowest BCUT2D eigenvalue weighted by Gasteiger charge is -2.39. The number of piperidine rings is 1. The van der Waals surface area contributed by atoms with E-state index in [4.69, 9.17) is 4.74 Å². The van der Waals surface area contributed by atoms with Crippen molar-refractivity contribution in [1.82, 2.24) is 20.0 Å². The number of rotatable bonds is 5. The van der Waals surface area contributed by atoms with Gasteiger partial charge in [-0.05, 0) is 31.0 Å². The number of nitrogens with one attached hydrogen (secondary N) is 1. The van der Waals surface area contributed by atoms with E-state index in [0.29, 0.717) is 17.4 Å². The molecule has 28 heavy (non-hydrogen) atoms. The largest absolute Gasteiger partial charge is 0.484 e. The molecule has 0 atom stereocenters. The molecule has 0 radical (unpaired) electrons. The van der Waals surface area contributed by atoms with Crippen LogP contribution in [0.15, 0.2) is 30.3 Å². The van der Waals surface area contributed by atoms with Crippen molar-refractivity contribution in [3.63, 3.8) is 0 Å². The van der Waals surface area contributed by atoms with E-state index in [1.807, 2.05) is 16.7 Å². The molecule has 150 valence electrons. The van der Waals surface area contributed by atoms with Crippen molar-refractivity contribution in [2.24, 2.45) is 0 Å². The molecule has 0 spiro atoms. The highest BCUT2D eigenvalue weighted by Crippen LogP contribution is 2.22. The van der Waals surface area contributed by atoms with E-state index in [0.717, 1.165) is 39.0 Å². The van der Waals surface area contributed by atoms with Gasteiger partial charge in [-0.3, -0.25) is 14.8 Å². The van der Waals surface area contributed by atoms with Crippen molar-refractivity contribution in [2.75, 3.05) is 37.7 Å². The number of nitrogens with zero attached hydrogens (tertiary/aromatic N) is 3. The molecule has 0 saturated carbocycles. The second-order valence-electron chi connectivity index (χ2n) is 7.17. The molecular weight excluding hydrogens is 379 g/mol. The summed E-state index contributed by atoms with van der Waals surface area (Å²) in [5.74, 6) is 2.14. The molecule has 8 heteroatoms. The Morgan fingerprint density at radius 1 is 1.21 bits per heavy atom. The third-order valence-electron chi connectivity index (χ3n) is 5.38. The Labute approximate surface area is 168 Å². The molecule has 1 N–H and O–H groups in total. The van der Waals surface area contributed by atoms with Crippen LogP contribution < -0.4 is 4.74 Å². The van der Waals surface area contributed by atoms with E-state index in [-0.39, 0.29) is 18.3 Å². The highest BCUT2D eigenvalue weighted by Gasteiger charge is 2.29. The van der Waals surface area contributed by atoms with Gasteiger partial charge in [0, 0.05) is 43.7 Å². The van der Waals surface area contributed by atoms with Crippen LogP contribution in [0.2, 0.25) is 0 Å². The molecular formula is C20H25FN4O2S. The van der Waals surface area contributed by atoms with Crippen LogP contribution in [0.25, 0.3) is 0 Å². The molecule has 2 aliphatic rings. The summed E-state index contributed by atoms with van der Waals surface area (Å²) in [5.41, 5.74) is 1.03. The van der Waals surface area contributed by atoms with E-state index >= 15 is 0 Å². The van der Waals surface area contributed by atoms with Crippen LogP contribution in [-0.4, -0.2) is 69.6 Å². The van der Waals surface area contributed by atoms with Crippen molar-refractivity contribution in [2.45, 2.75) is 25.5 Å². The monoisotopic (exact) mass is 404 g/mol. The number of benzene rings is 1. The van der Waals surface area contributed by atoms with E-state index < -0.39 is 5.82 Å². The maximum atomic E-state index is 13.6. The van der Waals surface area contributed by atoms with Gasteiger partial charge in [-0.25, -0.2) is 4.39 Å². The topological polar surface area (TPSA) is 61.5 Å². The Morgan fingerprint density at radius 3 is 2.71 bits per heavy atom. The number of aromatic nitrogens is 2. The van der Waals surface area contributed by atoms with Crippen LogP contribution in [0.3, 0.4) is 0 Å². The predicted octanol–water partition coefficient (Wildman–Crippen LogP) is 2.78. The second-order valence-corrected chi connectivity index (χ2v) is 8.39. The first-order valence-electron chi connectivity index (χ1n) is 9.73. The molecule has 6 nitrogen and oxygen atoms in total. The number of amides is 1. The summed E-state index contributed by atoms with van der Waals surface area (Å²) in [7, 11) is 0. The lowest BCUT2D eigenvalue weighted by Crippen LogP contribution is -2.49. The minimum absolute atomic E-state index is 0.0546. The molecule has 0 bridgehead atoms. The molecule has 4 rings (SSSR count). The molecule has 2 fully saturated rings. The summed E-state index contributed by atoms with van der Waals surface area (Å²) in [5, 5.41) is 6.95. The SMILES string of the molecule is O=C(c1cc(COc2ccccc2F)[nH]n1)N1CCC(N2CCSCC2)CC1. The minimum atomic E-state index is -0.409. The van der Waals surface area contributed by atoms with Gasteiger partial charge in [0.1, 0.15) is 6.61 Å². The first-order chi connectivity index (χ1) is 13.7. The highest BCUT2D eigenvalue weighted by molar-refractivity contribution is 7.99. The molecule has 1 aromatic heterocycles. The number of para-hydroxylation sites is 1. The second kappa shape index (κ2) is 8.96. The van der Waals surface area contributed by atoms with Crippen molar-refractivity contribution >= 4 is 17.7 Å². The lowest BCUT2D eigenvalue weighted by atomic mass is 10.0. The smallest absolute Gasteiger partial charge is 0.274 e. The molecule has 3 heterocycles. The number of H-pyrrole nitrogens is 1. The third kappa shape index (κ3) is 4.50. The summed E-state index contributed by atoms with van der Waals surface area (Å²) >= 11 is 2.02. The Bertz CT molecular complexity index is 801. The van der Waals surface area contributed by atoms with Gasteiger partial charge in [0.05, 0.1) is 5.69 Å². The zero-order chi connectivity index (χ0) is 19.3. The van der Waals surface area contributed by atoms with Gasteiger partial charge in [-0.2, -0.15) is 16.9 Å². The first kappa shape index (κ1) is 19.3. The van der Waals surface area contributed by atoms with E-state index in [2.05, 4.69) is 15.1 Å². The van der Waals surface area contributed by atoms with Crippen LogP contribution in [0.1, 0.15) is 29.0 Å². The van der Waals surface area contributed by atoms with Gasteiger partial charge in [-0.15, -0.1) is 0 Å². The van der Waals surface area contributed by atoms with E-state index in [1.54, 1.807) is 24.3 Å².